The van der Waals surface area contributed by atoms with Crippen LogP contribution in [0.25, 0.3) is 0 Å². The Morgan fingerprint density at radius 3 is 2.89 bits per heavy atom. The molecule has 0 fully saturated rings. The molecule has 1 atom stereocenters. The molecule has 4 rings (SSSR count). The van der Waals surface area contributed by atoms with Gasteiger partial charge in [-0.05, 0) is 74.6 Å². The molecule has 0 aliphatic heterocycles. The van der Waals surface area contributed by atoms with Gasteiger partial charge in [-0.2, -0.15) is 0 Å². The van der Waals surface area contributed by atoms with Crippen molar-refractivity contribution in [1.82, 2.24) is 14.9 Å². The molecule has 28 heavy (non-hydrogen) atoms. The van der Waals surface area contributed by atoms with Gasteiger partial charge in [-0.3, -0.25) is 9.78 Å². The normalized spacial score (nSPS) is 15.9. The summed E-state index contributed by atoms with van der Waals surface area (Å²) in [6.07, 6.45) is 4.82. The van der Waals surface area contributed by atoms with Crippen molar-refractivity contribution < 1.29 is 4.79 Å². The predicted molar refractivity (Wildman–Crippen MR) is 111 cm³/mol. The molecule has 144 valence electrons. The van der Waals surface area contributed by atoms with E-state index in [-0.39, 0.29) is 11.9 Å². The van der Waals surface area contributed by atoms with Crippen molar-refractivity contribution in [1.29, 1.82) is 0 Å². The lowest BCUT2D eigenvalue weighted by atomic mass is 9.87. The Morgan fingerprint density at radius 1 is 1.25 bits per heavy atom. The molecule has 1 aliphatic carbocycles. The smallest absolute Gasteiger partial charge is 0.253 e. The molecule has 1 unspecified atom stereocenters. The van der Waals surface area contributed by atoms with Crippen molar-refractivity contribution in [2.24, 2.45) is 0 Å². The standard InChI is InChI=1S/C23H26N4O/c1-15-12-21(16(2)27(15)14-19-7-3-4-11-25-19)23(28)26-22-8-5-6-17-13-18(24)9-10-20(17)22/h3-4,7,9-13,22H,5-6,8,14,24H2,1-2H3,(H,26,28). The maximum atomic E-state index is 13.1. The van der Waals surface area contributed by atoms with E-state index in [1.165, 1.54) is 11.1 Å². The summed E-state index contributed by atoms with van der Waals surface area (Å²) < 4.78 is 2.15. The number of rotatable bonds is 4. The summed E-state index contributed by atoms with van der Waals surface area (Å²) >= 11 is 0. The van der Waals surface area contributed by atoms with Crippen LogP contribution in [0.3, 0.4) is 0 Å². The van der Waals surface area contributed by atoms with Gasteiger partial charge in [0.05, 0.1) is 23.8 Å². The van der Waals surface area contributed by atoms with Crippen LogP contribution in [0.15, 0.2) is 48.7 Å². The fraction of sp³-hybridized carbons (Fsp3) is 0.304. The van der Waals surface area contributed by atoms with Gasteiger partial charge < -0.3 is 15.6 Å². The van der Waals surface area contributed by atoms with E-state index in [4.69, 9.17) is 5.73 Å². The van der Waals surface area contributed by atoms with Crippen LogP contribution >= 0.6 is 0 Å². The number of carbonyl (C=O) groups excluding carboxylic acids is 1. The van der Waals surface area contributed by atoms with Crippen molar-refractivity contribution in [3.63, 3.8) is 0 Å². The summed E-state index contributed by atoms with van der Waals surface area (Å²) in [4.78, 5) is 17.5. The molecular weight excluding hydrogens is 348 g/mol. The Bertz CT molecular complexity index is 1010. The van der Waals surface area contributed by atoms with Gasteiger partial charge in [-0.1, -0.05) is 12.1 Å². The van der Waals surface area contributed by atoms with Crippen molar-refractivity contribution in [2.75, 3.05) is 5.73 Å². The zero-order valence-corrected chi connectivity index (χ0v) is 16.4. The summed E-state index contributed by atoms with van der Waals surface area (Å²) in [6.45, 7) is 4.70. The third-order valence-electron chi connectivity index (χ3n) is 5.65. The lowest BCUT2D eigenvalue weighted by Crippen LogP contribution is -2.31. The average Bonchev–Trinajstić information content (AvgIpc) is 2.97. The molecular formula is C23H26N4O. The van der Waals surface area contributed by atoms with Crippen LogP contribution in [-0.4, -0.2) is 15.5 Å². The van der Waals surface area contributed by atoms with Crippen LogP contribution in [0.4, 0.5) is 5.69 Å². The SMILES string of the molecule is Cc1cc(C(=O)NC2CCCc3cc(N)ccc32)c(C)n1Cc1ccccn1. The molecule has 0 bridgehead atoms. The summed E-state index contributed by atoms with van der Waals surface area (Å²) in [5, 5.41) is 3.25. The number of benzene rings is 1. The quantitative estimate of drug-likeness (QED) is 0.680. The number of pyridine rings is 1. The third kappa shape index (κ3) is 3.52. The second kappa shape index (κ2) is 7.50. The summed E-state index contributed by atoms with van der Waals surface area (Å²) in [7, 11) is 0. The molecule has 1 aromatic carbocycles. The minimum absolute atomic E-state index is 0.0185. The number of aryl methyl sites for hydroxylation is 2. The van der Waals surface area contributed by atoms with Gasteiger partial charge in [-0.25, -0.2) is 0 Å². The number of fused-ring (bicyclic) bond motifs is 1. The fourth-order valence-electron chi connectivity index (χ4n) is 4.15. The van der Waals surface area contributed by atoms with Gasteiger partial charge in [-0.15, -0.1) is 0 Å². The second-order valence-electron chi connectivity index (χ2n) is 7.57. The second-order valence-corrected chi connectivity index (χ2v) is 7.57. The fourth-order valence-corrected chi connectivity index (χ4v) is 4.15. The Kier molecular flexibility index (Phi) is 4.90. The molecule has 5 heteroatoms. The number of anilines is 1. The zero-order valence-electron chi connectivity index (χ0n) is 16.4. The number of hydrogen-bond donors (Lipinski definition) is 2. The van der Waals surface area contributed by atoms with E-state index >= 15 is 0 Å². The lowest BCUT2D eigenvalue weighted by molar-refractivity contribution is 0.0932. The number of carbonyl (C=O) groups is 1. The first-order chi connectivity index (χ1) is 13.5. The highest BCUT2D eigenvalue weighted by atomic mass is 16.1. The monoisotopic (exact) mass is 374 g/mol. The van der Waals surface area contributed by atoms with Crippen LogP contribution in [0.2, 0.25) is 0 Å². The molecule has 2 aromatic heterocycles. The first-order valence-electron chi connectivity index (χ1n) is 9.78. The first-order valence-corrected chi connectivity index (χ1v) is 9.78. The van der Waals surface area contributed by atoms with Gasteiger partial charge >= 0.3 is 0 Å². The Labute approximate surface area is 165 Å². The zero-order chi connectivity index (χ0) is 19.7. The largest absolute Gasteiger partial charge is 0.399 e. The van der Waals surface area contributed by atoms with Gasteiger partial charge in [0, 0.05) is 23.3 Å². The first kappa shape index (κ1) is 18.3. The Hall–Kier alpha value is -3.08. The molecule has 0 spiro atoms. The van der Waals surface area contributed by atoms with Crippen molar-refractivity contribution in [3.05, 3.63) is 82.4 Å². The molecule has 1 amide bonds. The predicted octanol–water partition coefficient (Wildman–Crippen LogP) is 3.94. The number of amides is 1. The molecule has 1 aliphatic rings. The molecule has 3 aromatic rings. The molecule has 0 radical (unpaired) electrons. The van der Waals surface area contributed by atoms with Crippen LogP contribution in [-0.2, 0) is 13.0 Å². The lowest BCUT2D eigenvalue weighted by Gasteiger charge is -2.26. The van der Waals surface area contributed by atoms with Gasteiger partial charge in [0.15, 0.2) is 0 Å². The molecule has 3 N–H and O–H groups in total. The van der Waals surface area contributed by atoms with Crippen molar-refractivity contribution in [3.8, 4) is 0 Å². The number of nitrogens with one attached hydrogen (secondary N) is 1. The van der Waals surface area contributed by atoms with Gasteiger partial charge in [0.25, 0.3) is 5.91 Å². The molecule has 2 heterocycles. The van der Waals surface area contributed by atoms with E-state index in [1.54, 1.807) is 6.20 Å². The van der Waals surface area contributed by atoms with Gasteiger partial charge in [0.2, 0.25) is 0 Å². The van der Waals surface area contributed by atoms with E-state index in [2.05, 4.69) is 20.9 Å². The van der Waals surface area contributed by atoms with Crippen LogP contribution in [0.5, 0.6) is 0 Å². The number of nitrogen functional groups attached to an aromatic ring is 1. The highest BCUT2D eigenvalue weighted by Crippen LogP contribution is 2.31. The number of nitrogens with two attached hydrogens (primary N) is 1. The van der Waals surface area contributed by atoms with E-state index < -0.39 is 0 Å². The van der Waals surface area contributed by atoms with Crippen LogP contribution < -0.4 is 11.1 Å². The third-order valence-corrected chi connectivity index (χ3v) is 5.65. The minimum atomic E-state index is -0.0185. The van der Waals surface area contributed by atoms with Crippen LogP contribution in [0.1, 0.15) is 57.5 Å². The van der Waals surface area contributed by atoms with Gasteiger partial charge in [0.1, 0.15) is 0 Å². The topological polar surface area (TPSA) is 72.9 Å². The van der Waals surface area contributed by atoms with E-state index in [9.17, 15) is 4.79 Å². The average molecular weight is 374 g/mol. The Balaban J connectivity index is 1.56. The number of hydrogen-bond acceptors (Lipinski definition) is 3. The van der Waals surface area contributed by atoms with E-state index in [0.717, 1.165) is 47.6 Å². The molecule has 0 saturated carbocycles. The highest BCUT2D eigenvalue weighted by molar-refractivity contribution is 5.96. The minimum Gasteiger partial charge on any atom is -0.399 e. The van der Waals surface area contributed by atoms with E-state index in [0.29, 0.717) is 6.54 Å². The number of aromatic nitrogens is 2. The maximum Gasteiger partial charge on any atom is 0.253 e. The number of nitrogens with zero attached hydrogens (tertiary/aromatic N) is 2. The van der Waals surface area contributed by atoms with Crippen LogP contribution in [0, 0.1) is 13.8 Å². The van der Waals surface area contributed by atoms with Crippen molar-refractivity contribution in [2.45, 2.75) is 45.7 Å². The summed E-state index contributed by atoms with van der Waals surface area (Å²) in [6, 6.07) is 13.9. The summed E-state index contributed by atoms with van der Waals surface area (Å²) in [5.74, 6) is -0.0185. The van der Waals surface area contributed by atoms with E-state index in [1.807, 2.05) is 50.2 Å². The molecule has 5 nitrogen and oxygen atoms in total. The highest BCUT2D eigenvalue weighted by Gasteiger charge is 2.24. The molecule has 0 saturated heterocycles. The summed E-state index contributed by atoms with van der Waals surface area (Å²) in [5.41, 5.74) is 12.9. The van der Waals surface area contributed by atoms with Crippen molar-refractivity contribution >= 4 is 11.6 Å². The Morgan fingerprint density at radius 2 is 2.11 bits per heavy atom. The maximum absolute atomic E-state index is 13.1.